The number of rotatable bonds is 6. The molecule has 0 spiro atoms. The highest BCUT2D eigenvalue weighted by atomic mass is 16.5. The van der Waals surface area contributed by atoms with E-state index in [4.69, 9.17) is 14.9 Å². The molecule has 5 heteroatoms. The van der Waals surface area contributed by atoms with Crippen molar-refractivity contribution in [2.24, 2.45) is 5.73 Å². The lowest BCUT2D eigenvalue weighted by Crippen LogP contribution is -2.32. The maximum atomic E-state index is 12.7. The van der Waals surface area contributed by atoms with Crippen molar-refractivity contribution in [1.82, 2.24) is 4.90 Å². The number of hydrogen-bond acceptors (Lipinski definition) is 4. The molecule has 5 nitrogen and oxygen atoms in total. The first kappa shape index (κ1) is 14.7. The molecule has 22 heavy (non-hydrogen) atoms. The van der Waals surface area contributed by atoms with Crippen molar-refractivity contribution < 1.29 is 13.9 Å². The fraction of sp³-hybridized carbons (Fsp3) is 0.353. The third-order valence-electron chi connectivity index (χ3n) is 3.88. The Balaban J connectivity index is 1.82. The molecular weight excluding hydrogens is 280 g/mol. The summed E-state index contributed by atoms with van der Waals surface area (Å²) in [6.07, 6.45) is 3.58. The van der Waals surface area contributed by atoms with Crippen LogP contribution in [0.3, 0.4) is 0 Å². The van der Waals surface area contributed by atoms with Crippen LogP contribution in [0.2, 0.25) is 0 Å². The van der Waals surface area contributed by atoms with E-state index in [1.807, 2.05) is 29.2 Å². The average Bonchev–Trinajstić information content (AvgIpc) is 3.28. The minimum Gasteiger partial charge on any atom is -0.496 e. The quantitative estimate of drug-likeness (QED) is 0.890. The minimum absolute atomic E-state index is 0.0168. The lowest BCUT2D eigenvalue weighted by molar-refractivity contribution is 0.0728. The predicted molar refractivity (Wildman–Crippen MR) is 82.5 cm³/mol. The highest BCUT2D eigenvalue weighted by Crippen LogP contribution is 2.31. The molecule has 2 aromatic rings. The number of carbonyl (C=O) groups excluding carboxylic acids is 1. The van der Waals surface area contributed by atoms with Crippen LogP contribution in [-0.2, 0) is 13.1 Å². The Bertz CT molecular complexity index is 661. The molecule has 0 saturated heterocycles. The van der Waals surface area contributed by atoms with Crippen LogP contribution in [0.15, 0.2) is 41.0 Å². The van der Waals surface area contributed by atoms with E-state index < -0.39 is 0 Å². The van der Waals surface area contributed by atoms with Crippen LogP contribution >= 0.6 is 0 Å². The number of nitrogens with two attached hydrogens (primary N) is 1. The molecule has 1 amide bonds. The fourth-order valence-electron chi connectivity index (χ4n) is 2.54. The largest absolute Gasteiger partial charge is 0.496 e. The highest BCUT2D eigenvalue weighted by molar-refractivity contribution is 5.94. The Morgan fingerprint density at radius 3 is 2.82 bits per heavy atom. The van der Waals surface area contributed by atoms with Crippen LogP contribution in [0.1, 0.15) is 34.5 Å². The van der Waals surface area contributed by atoms with Crippen molar-refractivity contribution in [3.8, 4) is 5.75 Å². The van der Waals surface area contributed by atoms with E-state index in [1.54, 1.807) is 13.2 Å². The summed E-state index contributed by atoms with van der Waals surface area (Å²) in [5.41, 5.74) is 7.10. The van der Waals surface area contributed by atoms with E-state index in [0.717, 1.165) is 24.2 Å². The summed E-state index contributed by atoms with van der Waals surface area (Å²) in [6.45, 7) is 0.833. The van der Waals surface area contributed by atoms with Crippen molar-refractivity contribution >= 4 is 5.91 Å². The maximum Gasteiger partial charge on any atom is 0.257 e. The molecule has 1 aromatic carbocycles. The van der Waals surface area contributed by atoms with Gasteiger partial charge in [0, 0.05) is 18.2 Å². The Morgan fingerprint density at radius 1 is 1.41 bits per heavy atom. The van der Waals surface area contributed by atoms with Crippen LogP contribution < -0.4 is 10.5 Å². The van der Waals surface area contributed by atoms with Crippen molar-refractivity contribution in [3.05, 3.63) is 53.5 Å². The number of furan rings is 1. The number of para-hydroxylation sites is 1. The zero-order valence-corrected chi connectivity index (χ0v) is 12.6. The molecule has 1 aliphatic rings. The zero-order chi connectivity index (χ0) is 15.5. The van der Waals surface area contributed by atoms with Crippen LogP contribution in [0.5, 0.6) is 5.75 Å². The molecule has 116 valence electrons. The molecule has 2 N–H and O–H groups in total. The van der Waals surface area contributed by atoms with E-state index in [0.29, 0.717) is 30.5 Å². The number of amides is 1. The lowest BCUT2D eigenvalue weighted by atomic mass is 10.1. The SMILES string of the molecule is COc1ccccc1CN(C(=O)c1coc(CN)c1)C1CC1. The second kappa shape index (κ2) is 6.23. The summed E-state index contributed by atoms with van der Waals surface area (Å²) in [5.74, 6) is 1.41. The predicted octanol–water partition coefficient (Wildman–Crippen LogP) is 2.55. The van der Waals surface area contributed by atoms with Gasteiger partial charge in [0.25, 0.3) is 5.91 Å². The molecule has 0 bridgehead atoms. The smallest absolute Gasteiger partial charge is 0.257 e. The Kier molecular flexibility index (Phi) is 4.15. The second-order valence-corrected chi connectivity index (χ2v) is 5.48. The Morgan fingerprint density at radius 2 is 2.18 bits per heavy atom. The monoisotopic (exact) mass is 300 g/mol. The number of ether oxygens (including phenoxy) is 1. The van der Waals surface area contributed by atoms with Gasteiger partial charge in [-0.25, -0.2) is 0 Å². The summed E-state index contributed by atoms with van der Waals surface area (Å²) in [5, 5.41) is 0. The molecule has 1 heterocycles. The Hall–Kier alpha value is -2.27. The molecule has 0 atom stereocenters. The topological polar surface area (TPSA) is 68.7 Å². The van der Waals surface area contributed by atoms with E-state index in [1.165, 1.54) is 6.26 Å². The van der Waals surface area contributed by atoms with E-state index >= 15 is 0 Å². The van der Waals surface area contributed by atoms with Gasteiger partial charge < -0.3 is 19.8 Å². The second-order valence-electron chi connectivity index (χ2n) is 5.48. The van der Waals surface area contributed by atoms with Gasteiger partial charge in [-0.05, 0) is 25.0 Å². The van der Waals surface area contributed by atoms with Crippen LogP contribution in [0.25, 0.3) is 0 Å². The lowest BCUT2D eigenvalue weighted by Gasteiger charge is -2.23. The third kappa shape index (κ3) is 2.99. The first-order chi connectivity index (χ1) is 10.7. The average molecular weight is 300 g/mol. The van der Waals surface area contributed by atoms with Crippen LogP contribution in [-0.4, -0.2) is 24.0 Å². The highest BCUT2D eigenvalue weighted by Gasteiger charge is 2.34. The van der Waals surface area contributed by atoms with Gasteiger partial charge in [0.1, 0.15) is 17.8 Å². The first-order valence-corrected chi connectivity index (χ1v) is 7.43. The summed E-state index contributed by atoms with van der Waals surface area (Å²) < 4.78 is 10.7. The Labute approximate surface area is 129 Å². The molecular formula is C17H20N2O3. The molecule has 0 unspecified atom stereocenters. The molecule has 0 radical (unpaired) electrons. The number of hydrogen-bond donors (Lipinski definition) is 1. The molecule has 1 saturated carbocycles. The van der Waals surface area contributed by atoms with Gasteiger partial charge in [-0.3, -0.25) is 4.79 Å². The number of benzene rings is 1. The molecule has 1 aromatic heterocycles. The molecule has 0 aliphatic heterocycles. The first-order valence-electron chi connectivity index (χ1n) is 7.43. The number of carbonyl (C=O) groups is 1. The fourth-order valence-corrected chi connectivity index (χ4v) is 2.54. The number of nitrogens with zero attached hydrogens (tertiary/aromatic N) is 1. The van der Waals surface area contributed by atoms with Gasteiger partial charge >= 0.3 is 0 Å². The summed E-state index contributed by atoms with van der Waals surface area (Å²) in [7, 11) is 1.64. The van der Waals surface area contributed by atoms with Crippen LogP contribution in [0.4, 0.5) is 0 Å². The van der Waals surface area contributed by atoms with E-state index in [9.17, 15) is 4.79 Å². The molecule has 3 rings (SSSR count). The van der Waals surface area contributed by atoms with Crippen molar-refractivity contribution in [2.45, 2.75) is 32.0 Å². The molecule has 1 fully saturated rings. The van der Waals surface area contributed by atoms with Crippen molar-refractivity contribution in [1.29, 1.82) is 0 Å². The van der Waals surface area contributed by atoms with Crippen LogP contribution in [0, 0.1) is 0 Å². The third-order valence-corrected chi connectivity index (χ3v) is 3.88. The van der Waals surface area contributed by atoms with Gasteiger partial charge in [0.2, 0.25) is 0 Å². The van der Waals surface area contributed by atoms with E-state index in [-0.39, 0.29) is 5.91 Å². The standard InChI is InChI=1S/C17H20N2O3/c1-21-16-5-3-2-4-12(16)10-19(14-6-7-14)17(20)13-8-15(9-18)22-11-13/h2-5,8,11,14H,6-7,9-10,18H2,1H3. The van der Waals surface area contributed by atoms with Gasteiger partial charge in [-0.15, -0.1) is 0 Å². The minimum atomic E-state index is -0.0168. The van der Waals surface area contributed by atoms with Gasteiger partial charge in [0.15, 0.2) is 0 Å². The summed E-state index contributed by atoms with van der Waals surface area (Å²) in [6, 6.07) is 9.80. The van der Waals surface area contributed by atoms with Gasteiger partial charge in [0.05, 0.1) is 19.2 Å². The summed E-state index contributed by atoms with van der Waals surface area (Å²) >= 11 is 0. The normalized spacial score (nSPS) is 13.9. The zero-order valence-electron chi connectivity index (χ0n) is 12.6. The number of methoxy groups -OCH3 is 1. The van der Waals surface area contributed by atoms with E-state index in [2.05, 4.69) is 0 Å². The van der Waals surface area contributed by atoms with Crippen molar-refractivity contribution in [3.63, 3.8) is 0 Å². The molecule has 1 aliphatic carbocycles. The maximum absolute atomic E-state index is 12.7. The van der Waals surface area contributed by atoms with Gasteiger partial charge in [-0.1, -0.05) is 18.2 Å². The van der Waals surface area contributed by atoms with Crippen molar-refractivity contribution in [2.75, 3.05) is 7.11 Å². The summed E-state index contributed by atoms with van der Waals surface area (Å²) in [4.78, 5) is 14.6. The van der Waals surface area contributed by atoms with Gasteiger partial charge in [-0.2, -0.15) is 0 Å².